The Morgan fingerprint density at radius 3 is 2.82 bits per heavy atom. The van der Waals surface area contributed by atoms with E-state index in [2.05, 4.69) is 15.9 Å². The summed E-state index contributed by atoms with van der Waals surface area (Å²) in [5, 5.41) is 1.94. The average molecular weight is 332 g/mol. The summed E-state index contributed by atoms with van der Waals surface area (Å²) in [6.07, 6.45) is 0. The van der Waals surface area contributed by atoms with Crippen LogP contribution in [0.3, 0.4) is 0 Å². The predicted molar refractivity (Wildman–Crippen MR) is 77.3 cm³/mol. The average Bonchev–Trinajstić information content (AvgIpc) is 2.84. The van der Waals surface area contributed by atoms with Crippen LogP contribution in [0.25, 0.3) is 0 Å². The lowest BCUT2D eigenvalue weighted by Crippen LogP contribution is -1.95. The van der Waals surface area contributed by atoms with E-state index in [9.17, 15) is 0 Å². The van der Waals surface area contributed by atoms with Gasteiger partial charge in [-0.15, -0.1) is 22.9 Å². The third kappa shape index (κ3) is 3.03. The highest BCUT2D eigenvalue weighted by atomic mass is 79.9. The molecule has 0 aliphatic rings. The lowest BCUT2D eigenvalue weighted by molar-refractivity contribution is 0.338. The summed E-state index contributed by atoms with van der Waals surface area (Å²) in [7, 11) is 0. The fourth-order valence-corrected chi connectivity index (χ4v) is 3.15. The molecule has 0 bridgehead atoms. The van der Waals surface area contributed by atoms with Gasteiger partial charge >= 0.3 is 0 Å². The molecular weight excluding hydrogens is 320 g/mol. The minimum atomic E-state index is -0.0954. The van der Waals surface area contributed by atoms with Gasteiger partial charge in [0.05, 0.1) is 16.5 Å². The van der Waals surface area contributed by atoms with E-state index in [4.69, 9.17) is 16.3 Å². The summed E-state index contributed by atoms with van der Waals surface area (Å²) in [6, 6.07) is 10.0. The lowest BCUT2D eigenvalue weighted by Gasteiger charge is -2.11. The first-order chi connectivity index (χ1) is 8.22. The first kappa shape index (κ1) is 12.9. The van der Waals surface area contributed by atoms with E-state index in [-0.39, 0.29) is 5.38 Å². The normalized spacial score (nSPS) is 12.4. The summed E-state index contributed by atoms with van der Waals surface area (Å²) in [5.74, 6) is 0.853. The molecule has 2 rings (SSSR count). The minimum absolute atomic E-state index is 0.0954. The number of hydrogen-bond acceptors (Lipinski definition) is 2. The van der Waals surface area contributed by atoms with Crippen molar-refractivity contribution < 1.29 is 4.74 Å². The quantitative estimate of drug-likeness (QED) is 0.696. The molecule has 17 heavy (non-hydrogen) atoms. The molecule has 0 spiro atoms. The third-order valence-electron chi connectivity index (χ3n) is 2.34. The third-order valence-corrected chi connectivity index (χ3v) is 4.51. The standard InChI is InChI=1S/C13H12BrClOS/c1-2-16-11-6-5-9(8-10(11)14)13(15)12-4-3-7-17-12/h3-8,13H,2H2,1H3. The molecule has 4 heteroatoms. The maximum absolute atomic E-state index is 6.42. The van der Waals surface area contributed by atoms with Crippen LogP contribution >= 0.6 is 38.9 Å². The van der Waals surface area contributed by atoms with Crippen LogP contribution in [0.15, 0.2) is 40.2 Å². The molecule has 1 heterocycles. The Kier molecular flexibility index (Phi) is 4.48. The smallest absolute Gasteiger partial charge is 0.133 e. The maximum atomic E-state index is 6.42. The fourth-order valence-electron chi connectivity index (χ4n) is 1.55. The zero-order valence-corrected chi connectivity index (χ0v) is 12.5. The second-order valence-corrected chi connectivity index (χ2v) is 5.77. The van der Waals surface area contributed by atoms with E-state index in [1.807, 2.05) is 42.6 Å². The molecule has 2 aromatic rings. The molecule has 0 fully saturated rings. The van der Waals surface area contributed by atoms with Gasteiger partial charge in [-0.25, -0.2) is 0 Å². The molecular formula is C13H12BrClOS. The Hall–Kier alpha value is -0.510. The number of hydrogen-bond donors (Lipinski definition) is 0. The van der Waals surface area contributed by atoms with Crippen LogP contribution in [0.4, 0.5) is 0 Å². The van der Waals surface area contributed by atoms with Gasteiger partial charge in [-0.1, -0.05) is 12.1 Å². The molecule has 0 N–H and O–H groups in total. The Morgan fingerprint density at radius 1 is 1.41 bits per heavy atom. The van der Waals surface area contributed by atoms with Crippen LogP contribution in [0.5, 0.6) is 5.75 Å². The highest BCUT2D eigenvalue weighted by molar-refractivity contribution is 9.10. The monoisotopic (exact) mass is 330 g/mol. The van der Waals surface area contributed by atoms with Crippen LogP contribution in [0.2, 0.25) is 0 Å². The van der Waals surface area contributed by atoms with Gasteiger partial charge in [0.2, 0.25) is 0 Å². The van der Waals surface area contributed by atoms with Crippen LogP contribution in [0.1, 0.15) is 22.7 Å². The van der Waals surface area contributed by atoms with Crippen LogP contribution in [-0.2, 0) is 0 Å². The first-order valence-corrected chi connectivity index (χ1v) is 7.43. The number of rotatable bonds is 4. The van der Waals surface area contributed by atoms with Gasteiger partial charge in [0.25, 0.3) is 0 Å². The van der Waals surface area contributed by atoms with Crippen molar-refractivity contribution in [2.24, 2.45) is 0 Å². The number of thiophene rings is 1. The molecule has 1 aromatic carbocycles. The van der Waals surface area contributed by atoms with Crippen molar-refractivity contribution in [2.75, 3.05) is 6.61 Å². The van der Waals surface area contributed by atoms with E-state index < -0.39 is 0 Å². The molecule has 1 atom stereocenters. The SMILES string of the molecule is CCOc1ccc(C(Cl)c2cccs2)cc1Br. The molecule has 1 aromatic heterocycles. The highest BCUT2D eigenvalue weighted by Crippen LogP contribution is 2.35. The summed E-state index contributed by atoms with van der Waals surface area (Å²) in [5.41, 5.74) is 1.07. The number of halogens is 2. The van der Waals surface area contributed by atoms with E-state index in [0.29, 0.717) is 6.61 Å². The predicted octanol–water partition coefficient (Wildman–Crippen LogP) is 5.24. The second kappa shape index (κ2) is 5.89. The van der Waals surface area contributed by atoms with E-state index in [1.54, 1.807) is 11.3 Å². The summed E-state index contributed by atoms with van der Waals surface area (Å²) >= 11 is 11.6. The first-order valence-electron chi connectivity index (χ1n) is 5.32. The Labute approximate surface area is 119 Å². The summed E-state index contributed by atoms with van der Waals surface area (Å²) in [4.78, 5) is 1.16. The Balaban J connectivity index is 2.25. The lowest BCUT2D eigenvalue weighted by atomic mass is 10.1. The van der Waals surface area contributed by atoms with Gasteiger partial charge in [-0.05, 0) is 52.0 Å². The Bertz CT molecular complexity index is 484. The van der Waals surface area contributed by atoms with Crippen molar-refractivity contribution in [2.45, 2.75) is 12.3 Å². The molecule has 0 radical (unpaired) electrons. The van der Waals surface area contributed by atoms with Gasteiger partial charge in [-0.2, -0.15) is 0 Å². The van der Waals surface area contributed by atoms with Crippen molar-refractivity contribution in [3.8, 4) is 5.75 Å². The maximum Gasteiger partial charge on any atom is 0.133 e. The van der Waals surface area contributed by atoms with Crippen LogP contribution in [0, 0.1) is 0 Å². The van der Waals surface area contributed by atoms with Crippen molar-refractivity contribution in [1.29, 1.82) is 0 Å². The van der Waals surface area contributed by atoms with Gasteiger partial charge in [0.1, 0.15) is 5.75 Å². The molecule has 0 aliphatic carbocycles. The van der Waals surface area contributed by atoms with Crippen LogP contribution in [-0.4, -0.2) is 6.61 Å². The van der Waals surface area contributed by atoms with Crippen molar-refractivity contribution in [3.05, 3.63) is 50.6 Å². The number of alkyl halides is 1. The highest BCUT2D eigenvalue weighted by Gasteiger charge is 2.13. The van der Waals surface area contributed by atoms with Crippen molar-refractivity contribution in [3.63, 3.8) is 0 Å². The molecule has 0 aliphatic heterocycles. The second-order valence-electron chi connectivity index (χ2n) is 3.50. The van der Waals surface area contributed by atoms with Gasteiger partial charge in [0, 0.05) is 4.88 Å². The molecule has 1 nitrogen and oxygen atoms in total. The van der Waals surface area contributed by atoms with Crippen molar-refractivity contribution in [1.82, 2.24) is 0 Å². The minimum Gasteiger partial charge on any atom is -0.493 e. The van der Waals surface area contributed by atoms with E-state index >= 15 is 0 Å². The number of ether oxygens (including phenoxy) is 1. The molecule has 1 unspecified atom stereocenters. The Morgan fingerprint density at radius 2 is 2.24 bits per heavy atom. The van der Waals surface area contributed by atoms with Gasteiger partial charge in [-0.3, -0.25) is 0 Å². The van der Waals surface area contributed by atoms with Crippen LogP contribution < -0.4 is 4.74 Å². The fraction of sp³-hybridized carbons (Fsp3) is 0.231. The summed E-state index contributed by atoms with van der Waals surface area (Å²) in [6.45, 7) is 2.63. The number of benzene rings is 1. The molecule has 0 amide bonds. The van der Waals surface area contributed by atoms with E-state index in [0.717, 1.165) is 20.7 Å². The van der Waals surface area contributed by atoms with Crippen molar-refractivity contribution >= 4 is 38.9 Å². The summed E-state index contributed by atoms with van der Waals surface area (Å²) < 4.78 is 6.42. The molecule has 0 saturated heterocycles. The molecule has 0 saturated carbocycles. The van der Waals surface area contributed by atoms with Gasteiger partial charge < -0.3 is 4.74 Å². The zero-order valence-electron chi connectivity index (χ0n) is 9.32. The van der Waals surface area contributed by atoms with E-state index in [1.165, 1.54) is 0 Å². The zero-order chi connectivity index (χ0) is 12.3. The topological polar surface area (TPSA) is 9.23 Å². The van der Waals surface area contributed by atoms with Gasteiger partial charge in [0.15, 0.2) is 0 Å². The largest absolute Gasteiger partial charge is 0.493 e. The molecule has 90 valence electrons.